The molecule has 2 saturated carbocycles. The lowest BCUT2D eigenvalue weighted by molar-refractivity contribution is -0.149. The average molecular weight is 306 g/mol. The number of ether oxygens (including phenoxy) is 1. The number of rotatable bonds is 6. The average Bonchev–Trinajstić information content (AvgIpc) is 2.56. The van der Waals surface area contributed by atoms with Crippen LogP contribution in [0.5, 0.6) is 0 Å². The molecule has 0 bridgehead atoms. The highest BCUT2D eigenvalue weighted by Crippen LogP contribution is 2.42. The molecular weight excluding hydrogens is 272 g/mol. The molecule has 0 aromatic carbocycles. The van der Waals surface area contributed by atoms with Gasteiger partial charge >= 0.3 is 5.97 Å². The van der Waals surface area contributed by atoms with E-state index in [0.29, 0.717) is 6.61 Å². The summed E-state index contributed by atoms with van der Waals surface area (Å²) in [5.74, 6) is 3.01. The van der Waals surface area contributed by atoms with Gasteiger partial charge in [0.1, 0.15) is 0 Å². The van der Waals surface area contributed by atoms with Crippen LogP contribution >= 0.6 is 0 Å². The lowest BCUT2D eigenvalue weighted by Crippen LogP contribution is -2.29. The van der Waals surface area contributed by atoms with Crippen molar-refractivity contribution in [3.8, 4) is 0 Å². The molecule has 2 aliphatic carbocycles. The number of hydrogen-bond donors (Lipinski definition) is 0. The van der Waals surface area contributed by atoms with Crippen LogP contribution in [0.4, 0.5) is 0 Å². The van der Waals surface area contributed by atoms with Gasteiger partial charge in [-0.1, -0.05) is 25.0 Å². The maximum atomic E-state index is 11.8. The second-order valence-corrected chi connectivity index (χ2v) is 7.29. The predicted octanol–water partition coefficient (Wildman–Crippen LogP) is 5.52. The Morgan fingerprint density at radius 1 is 1.00 bits per heavy atom. The minimum atomic E-state index is 0.0497. The standard InChI is InChI=1S/C20H34O2/c1-3-5-6-7-16-8-10-17(11-9-16)18-12-14-19(15-13-18)20(21)22-4-2/h3,5,16-19H,4,6-15H2,1-2H3/t16-,17-,18-,19-. The second kappa shape index (κ2) is 9.37. The number of carbonyl (C=O) groups is 1. The zero-order chi connectivity index (χ0) is 15.8. The van der Waals surface area contributed by atoms with E-state index in [0.717, 1.165) is 30.6 Å². The van der Waals surface area contributed by atoms with Gasteiger partial charge in [0.25, 0.3) is 0 Å². The molecule has 2 aliphatic rings. The van der Waals surface area contributed by atoms with Crippen molar-refractivity contribution in [3.63, 3.8) is 0 Å². The van der Waals surface area contributed by atoms with E-state index in [-0.39, 0.29) is 11.9 Å². The molecule has 0 aromatic rings. The first-order valence-corrected chi connectivity index (χ1v) is 9.52. The number of esters is 1. The smallest absolute Gasteiger partial charge is 0.308 e. The van der Waals surface area contributed by atoms with Crippen molar-refractivity contribution in [2.24, 2.45) is 23.7 Å². The lowest BCUT2D eigenvalue weighted by Gasteiger charge is -2.37. The third-order valence-electron chi connectivity index (χ3n) is 5.93. The molecule has 0 heterocycles. The molecule has 2 rings (SSSR count). The Labute approximate surface area is 136 Å². The Kier molecular flexibility index (Phi) is 7.48. The van der Waals surface area contributed by atoms with Crippen molar-refractivity contribution in [2.45, 2.75) is 78.1 Å². The van der Waals surface area contributed by atoms with Crippen LogP contribution in [0, 0.1) is 23.7 Å². The van der Waals surface area contributed by atoms with Crippen LogP contribution in [0.15, 0.2) is 12.2 Å². The molecule has 0 spiro atoms. The lowest BCUT2D eigenvalue weighted by atomic mass is 9.68. The van der Waals surface area contributed by atoms with E-state index in [1.807, 2.05) is 6.92 Å². The second-order valence-electron chi connectivity index (χ2n) is 7.29. The Hall–Kier alpha value is -0.790. The van der Waals surface area contributed by atoms with E-state index in [9.17, 15) is 4.79 Å². The Bertz CT molecular complexity index is 345. The summed E-state index contributed by atoms with van der Waals surface area (Å²) in [6.07, 6.45) is 17.5. The number of allylic oxidation sites excluding steroid dienone is 2. The molecule has 0 saturated heterocycles. The fraction of sp³-hybridized carbons (Fsp3) is 0.850. The molecule has 0 aromatic heterocycles. The highest BCUT2D eigenvalue weighted by atomic mass is 16.5. The van der Waals surface area contributed by atoms with Crippen LogP contribution < -0.4 is 0 Å². The molecule has 2 fully saturated rings. The Morgan fingerprint density at radius 3 is 2.14 bits per heavy atom. The molecule has 0 unspecified atom stereocenters. The van der Waals surface area contributed by atoms with Crippen molar-refractivity contribution in [1.29, 1.82) is 0 Å². The highest BCUT2D eigenvalue weighted by Gasteiger charge is 2.33. The zero-order valence-corrected chi connectivity index (χ0v) is 14.6. The monoisotopic (exact) mass is 306 g/mol. The van der Waals surface area contributed by atoms with Gasteiger partial charge in [-0.25, -0.2) is 0 Å². The molecular formula is C20H34O2. The van der Waals surface area contributed by atoms with E-state index in [4.69, 9.17) is 4.74 Å². The topological polar surface area (TPSA) is 26.3 Å². The summed E-state index contributed by atoms with van der Waals surface area (Å²) in [5, 5.41) is 0. The first-order chi connectivity index (χ1) is 10.7. The minimum Gasteiger partial charge on any atom is -0.466 e. The fourth-order valence-electron chi connectivity index (χ4n) is 4.53. The molecule has 22 heavy (non-hydrogen) atoms. The van der Waals surface area contributed by atoms with Gasteiger partial charge in [-0.05, 0) is 83.0 Å². The molecule has 2 heteroatoms. The highest BCUT2D eigenvalue weighted by molar-refractivity contribution is 5.72. The predicted molar refractivity (Wildman–Crippen MR) is 91.6 cm³/mol. The quantitative estimate of drug-likeness (QED) is 0.477. The summed E-state index contributed by atoms with van der Waals surface area (Å²) >= 11 is 0. The first kappa shape index (κ1) is 17.6. The molecule has 126 valence electrons. The maximum absolute atomic E-state index is 11.8. The third-order valence-corrected chi connectivity index (χ3v) is 5.93. The molecule has 0 aliphatic heterocycles. The van der Waals surface area contributed by atoms with Crippen molar-refractivity contribution in [3.05, 3.63) is 12.2 Å². The van der Waals surface area contributed by atoms with Gasteiger partial charge in [0.2, 0.25) is 0 Å². The van der Waals surface area contributed by atoms with E-state index >= 15 is 0 Å². The Morgan fingerprint density at radius 2 is 1.59 bits per heavy atom. The fourth-order valence-corrected chi connectivity index (χ4v) is 4.53. The van der Waals surface area contributed by atoms with Gasteiger partial charge in [0.05, 0.1) is 12.5 Å². The van der Waals surface area contributed by atoms with Crippen molar-refractivity contribution >= 4 is 5.97 Å². The van der Waals surface area contributed by atoms with Crippen LogP contribution in [-0.2, 0) is 9.53 Å². The van der Waals surface area contributed by atoms with Gasteiger partial charge in [0.15, 0.2) is 0 Å². The van der Waals surface area contributed by atoms with Crippen LogP contribution in [0.3, 0.4) is 0 Å². The summed E-state index contributed by atoms with van der Waals surface area (Å²) < 4.78 is 5.18. The van der Waals surface area contributed by atoms with Gasteiger partial charge < -0.3 is 4.74 Å². The SMILES string of the molecule is CC=CCC[C@H]1CC[C@H]([C@H]2CC[C@H](C(=O)OCC)CC2)CC1. The van der Waals surface area contributed by atoms with Gasteiger partial charge in [0, 0.05) is 0 Å². The molecule has 2 nitrogen and oxygen atoms in total. The number of carbonyl (C=O) groups excluding carboxylic acids is 1. The van der Waals surface area contributed by atoms with Crippen LogP contribution in [0.25, 0.3) is 0 Å². The molecule has 0 radical (unpaired) electrons. The summed E-state index contributed by atoms with van der Waals surface area (Å²) in [5.41, 5.74) is 0. The summed E-state index contributed by atoms with van der Waals surface area (Å²) in [7, 11) is 0. The van der Waals surface area contributed by atoms with E-state index in [1.54, 1.807) is 0 Å². The van der Waals surface area contributed by atoms with Crippen LogP contribution in [0.1, 0.15) is 78.1 Å². The molecule has 0 atom stereocenters. The van der Waals surface area contributed by atoms with Crippen molar-refractivity contribution in [2.75, 3.05) is 6.61 Å². The largest absolute Gasteiger partial charge is 0.466 e. The summed E-state index contributed by atoms with van der Waals surface area (Å²) in [6, 6.07) is 0. The van der Waals surface area contributed by atoms with Crippen molar-refractivity contribution < 1.29 is 9.53 Å². The number of hydrogen-bond acceptors (Lipinski definition) is 2. The molecule has 0 amide bonds. The zero-order valence-electron chi connectivity index (χ0n) is 14.6. The van der Waals surface area contributed by atoms with E-state index < -0.39 is 0 Å². The van der Waals surface area contributed by atoms with Crippen LogP contribution in [-0.4, -0.2) is 12.6 Å². The van der Waals surface area contributed by atoms with Crippen molar-refractivity contribution in [1.82, 2.24) is 0 Å². The first-order valence-electron chi connectivity index (χ1n) is 9.52. The third kappa shape index (κ3) is 5.14. The summed E-state index contributed by atoms with van der Waals surface area (Å²) in [6.45, 7) is 4.54. The van der Waals surface area contributed by atoms with E-state index in [1.165, 1.54) is 51.4 Å². The van der Waals surface area contributed by atoms with E-state index in [2.05, 4.69) is 19.1 Å². The Balaban J connectivity index is 1.67. The van der Waals surface area contributed by atoms with Crippen LogP contribution in [0.2, 0.25) is 0 Å². The van der Waals surface area contributed by atoms with Gasteiger partial charge in [-0.3, -0.25) is 4.79 Å². The minimum absolute atomic E-state index is 0.0497. The summed E-state index contributed by atoms with van der Waals surface area (Å²) in [4.78, 5) is 11.8. The molecule has 0 N–H and O–H groups in total. The van der Waals surface area contributed by atoms with Gasteiger partial charge in [-0.2, -0.15) is 0 Å². The normalized spacial score (nSPS) is 33.0. The van der Waals surface area contributed by atoms with Gasteiger partial charge in [-0.15, -0.1) is 0 Å². The maximum Gasteiger partial charge on any atom is 0.308 e.